The number of aliphatic hydroxyl groups is 1. The van der Waals surface area contributed by atoms with E-state index in [-0.39, 0.29) is 6.61 Å². The predicted octanol–water partition coefficient (Wildman–Crippen LogP) is 3.52. The van der Waals surface area contributed by atoms with E-state index >= 15 is 0 Å². The zero-order valence-corrected chi connectivity index (χ0v) is 10.7. The number of halogens is 1. The summed E-state index contributed by atoms with van der Waals surface area (Å²) < 4.78 is 5.74. The third-order valence-corrected chi connectivity index (χ3v) is 2.93. The van der Waals surface area contributed by atoms with Crippen LogP contribution in [-0.2, 0) is 6.61 Å². The molecule has 2 aromatic rings. The second kappa shape index (κ2) is 5.29. The topological polar surface area (TPSA) is 55.5 Å². The lowest BCUT2D eigenvalue weighted by Gasteiger charge is -2.11. The smallest absolute Gasteiger partial charge is 0.131 e. The molecule has 0 spiro atoms. The molecule has 0 aromatic heterocycles. The van der Waals surface area contributed by atoms with Gasteiger partial charge in [-0.3, -0.25) is 0 Å². The van der Waals surface area contributed by atoms with Crippen molar-refractivity contribution in [3.63, 3.8) is 0 Å². The molecule has 0 saturated carbocycles. The van der Waals surface area contributed by atoms with E-state index in [2.05, 4.69) is 0 Å². The van der Waals surface area contributed by atoms with E-state index in [0.29, 0.717) is 22.2 Å². The molecular weight excluding hydrogens is 250 g/mol. The van der Waals surface area contributed by atoms with Gasteiger partial charge in [0.25, 0.3) is 0 Å². The lowest BCUT2D eigenvalue weighted by molar-refractivity contribution is 0.281. The van der Waals surface area contributed by atoms with Gasteiger partial charge >= 0.3 is 0 Å². The minimum Gasteiger partial charge on any atom is -0.457 e. The monoisotopic (exact) mass is 263 g/mol. The first-order valence-electron chi connectivity index (χ1n) is 5.53. The summed E-state index contributed by atoms with van der Waals surface area (Å²) in [7, 11) is 0. The number of anilines is 1. The predicted molar refractivity (Wildman–Crippen MR) is 73.0 cm³/mol. The molecular formula is C14H14ClNO2. The largest absolute Gasteiger partial charge is 0.457 e. The van der Waals surface area contributed by atoms with Gasteiger partial charge in [0, 0.05) is 6.07 Å². The molecule has 4 heteroatoms. The fraction of sp³-hybridized carbons (Fsp3) is 0.143. The molecule has 0 aliphatic heterocycles. The third kappa shape index (κ3) is 2.75. The van der Waals surface area contributed by atoms with E-state index in [9.17, 15) is 0 Å². The SMILES string of the molecule is Cc1cc(N)c(Cl)cc1Oc1cccc(CO)c1. The highest BCUT2D eigenvalue weighted by Crippen LogP contribution is 2.31. The van der Waals surface area contributed by atoms with Gasteiger partial charge in [-0.25, -0.2) is 0 Å². The Morgan fingerprint density at radius 1 is 1.28 bits per heavy atom. The maximum Gasteiger partial charge on any atom is 0.131 e. The van der Waals surface area contributed by atoms with E-state index in [0.717, 1.165) is 11.1 Å². The summed E-state index contributed by atoms with van der Waals surface area (Å²) in [6, 6.07) is 10.7. The Morgan fingerprint density at radius 2 is 2.06 bits per heavy atom. The van der Waals surface area contributed by atoms with Crippen molar-refractivity contribution in [2.75, 3.05) is 5.73 Å². The average molecular weight is 264 g/mol. The van der Waals surface area contributed by atoms with Crippen molar-refractivity contribution in [1.82, 2.24) is 0 Å². The van der Waals surface area contributed by atoms with Crippen LogP contribution in [0.3, 0.4) is 0 Å². The Morgan fingerprint density at radius 3 is 2.78 bits per heavy atom. The Bertz CT molecular complexity index is 570. The number of nitrogens with two attached hydrogens (primary N) is 1. The summed E-state index contributed by atoms with van der Waals surface area (Å²) in [6.45, 7) is 1.89. The molecule has 0 heterocycles. The van der Waals surface area contributed by atoms with Gasteiger partial charge in [0.2, 0.25) is 0 Å². The Labute approximate surface area is 111 Å². The molecule has 0 aliphatic rings. The number of hydrogen-bond acceptors (Lipinski definition) is 3. The highest BCUT2D eigenvalue weighted by atomic mass is 35.5. The van der Waals surface area contributed by atoms with Gasteiger partial charge in [-0.1, -0.05) is 23.7 Å². The number of ether oxygens (including phenoxy) is 1. The molecule has 0 atom stereocenters. The first-order chi connectivity index (χ1) is 8.60. The number of benzene rings is 2. The minimum absolute atomic E-state index is 0.0152. The lowest BCUT2D eigenvalue weighted by atomic mass is 10.2. The van der Waals surface area contributed by atoms with E-state index < -0.39 is 0 Å². The van der Waals surface area contributed by atoms with Crippen LogP contribution in [0.15, 0.2) is 36.4 Å². The normalized spacial score (nSPS) is 10.4. The molecule has 0 amide bonds. The van der Waals surface area contributed by atoms with Crippen molar-refractivity contribution in [2.24, 2.45) is 0 Å². The maximum atomic E-state index is 9.07. The van der Waals surface area contributed by atoms with Crippen LogP contribution in [0.2, 0.25) is 5.02 Å². The Kier molecular flexibility index (Phi) is 3.75. The van der Waals surface area contributed by atoms with Crippen LogP contribution >= 0.6 is 11.6 Å². The van der Waals surface area contributed by atoms with Crippen LogP contribution < -0.4 is 10.5 Å². The summed E-state index contributed by atoms with van der Waals surface area (Å²) in [6.07, 6.45) is 0. The highest BCUT2D eigenvalue weighted by Gasteiger charge is 2.06. The van der Waals surface area contributed by atoms with Gasteiger partial charge < -0.3 is 15.6 Å². The second-order valence-electron chi connectivity index (χ2n) is 4.05. The standard InChI is InChI=1S/C14H14ClNO2/c1-9-5-13(16)12(15)7-14(9)18-11-4-2-3-10(6-11)8-17/h2-7,17H,8,16H2,1H3. The number of nitrogen functional groups attached to an aromatic ring is 1. The van der Waals surface area contributed by atoms with Gasteiger partial charge in [0.15, 0.2) is 0 Å². The van der Waals surface area contributed by atoms with Gasteiger partial charge in [0.1, 0.15) is 11.5 Å². The van der Waals surface area contributed by atoms with Gasteiger partial charge in [-0.05, 0) is 36.2 Å². The first kappa shape index (κ1) is 12.7. The minimum atomic E-state index is -0.0152. The Balaban J connectivity index is 2.30. The second-order valence-corrected chi connectivity index (χ2v) is 4.45. The lowest BCUT2D eigenvalue weighted by Crippen LogP contribution is -1.93. The van der Waals surface area contributed by atoms with Crippen LogP contribution in [0.25, 0.3) is 0 Å². The van der Waals surface area contributed by atoms with Crippen LogP contribution in [0.4, 0.5) is 5.69 Å². The molecule has 0 bridgehead atoms. The van der Waals surface area contributed by atoms with Gasteiger partial charge in [0.05, 0.1) is 17.3 Å². The molecule has 2 aromatic carbocycles. The molecule has 0 saturated heterocycles. The number of rotatable bonds is 3. The molecule has 18 heavy (non-hydrogen) atoms. The zero-order valence-electron chi connectivity index (χ0n) is 9.98. The molecule has 0 unspecified atom stereocenters. The fourth-order valence-corrected chi connectivity index (χ4v) is 1.78. The third-order valence-electron chi connectivity index (χ3n) is 2.60. The Hall–Kier alpha value is -1.71. The van der Waals surface area contributed by atoms with Gasteiger partial charge in [-0.2, -0.15) is 0 Å². The van der Waals surface area contributed by atoms with Crippen molar-refractivity contribution in [2.45, 2.75) is 13.5 Å². The van der Waals surface area contributed by atoms with Crippen LogP contribution in [-0.4, -0.2) is 5.11 Å². The van der Waals surface area contributed by atoms with Crippen molar-refractivity contribution < 1.29 is 9.84 Å². The van der Waals surface area contributed by atoms with E-state index in [1.807, 2.05) is 25.1 Å². The summed E-state index contributed by atoms with van der Waals surface area (Å²) >= 11 is 5.97. The number of hydrogen-bond donors (Lipinski definition) is 2. The van der Waals surface area contributed by atoms with E-state index in [1.165, 1.54) is 0 Å². The molecule has 0 aliphatic carbocycles. The molecule has 3 nitrogen and oxygen atoms in total. The molecule has 0 fully saturated rings. The molecule has 2 rings (SSSR count). The maximum absolute atomic E-state index is 9.07. The number of aryl methyl sites for hydroxylation is 1. The summed E-state index contributed by atoms with van der Waals surface area (Å²) in [5.74, 6) is 1.31. The quantitative estimate of drug-likeness (QED) is 0.833. The highest BCUT2D eigenvalue weighted by molar-refractivity contribution is 6.33. The van der Waals surface area contributed by atoms with Crippen LogP contribution in [0, 0.1) is 6.92 Å². The zero-order chi connectivity index (χ0) is 13.1. The van der Waals surface area contributed by atoms with Crippen molar-refractivity contribution in [3.8, 4) is 11.5 Å². The summed E-state index contributed by atoms with van der Waals surface area (Å²) in [4.78, 5) is 0. The fourth-order valence-electron chi connectivity index (χ4n) is 1.63. The summed E-state index contributed by atoms with van der Waals surface area (Å²) in [5.41, 5.74) is 7.95. The van der Waals surface area contributed by atoms with Crippen molar-refractivity contribution >= 4 is 17.3 Å². The average Bonchev–Trinajstić information content (AvgIpc) is 2.36. The number of aliphatic hydroxyl groups excluding tert-OH is 1. The van der Waals surface area contributed by atoms with Crippen LogP contribution in [0.5, 0.6) is 11.5 Å². The van der Waals surface area contributed by atoms with Crippen LogP contribution in [0.1, 0.15) is 11.1 Å². The van der Waals surface area contributed by atoms with E-state index in [4.69, 9.17) is 27.2 Å². The molecule has 3 N–H and O–H groups in total. The van der Waals surface area contributed by atoms with Crippen molar-refractivity contribution in [1.29, 1.82) is 0 Å². The summed E-state index contributed by atoms with van der Waals surface area (Å²) in [5, 5.41) is 9.54. The van der Waals surface area contributed by atoms with Crippen molar-refractivity contribution in [3.05, 3.63) is 52.5 Å². The van der Waals surface area contributed by atoms with E-state index in [1.54, 1.807) is 18.2 Å². The molecule has 94 valence electrons. The molecule has 0 radical (unpaired) electrons. The first-order valence-corrected chi connectivity index (χ1v) is 5.91. The van der Waals surface area contributed by atoms with Gasteiger partial charge in [-0.15, -0.1) is 0 Å².